The minimum absolute atomic E-state index is 0. The highest BCUT2D eigenvalue weighted by atomic mass is 19.1. The fourth-order valence-corrected chi connectivity index (χ4v) is 2.62. The van der Waals surface area contributed by atoms with E-state index in [1.165, 1.54) is 88.6 Å². The van der Waals surface area contributed by atoms with Crippen molar-refractivity contribution in [2.45, 2.75) is 112 Å². The van der Waals surface area contributed by atoms with Gasteiger partial charge in [0.1, 0.15) is 5.82 Å². The molecule has 1 rings (SSSR count). The van der Waals surface area contributed by atoms with Gasteiger partial charge in [0.05, 0.1) is 0 Å². The molecule has 0 aliphatic rings. The summed E-state index contributed by atoms with van der Waals surface area (Å²) in [5, 5.41) is 0. The fraction of sp³-hybridized carbons (Fsp3) is 0.739. The summed E-state index contributed by atoms with van der Waals surface area (Å²) < 4.78 is 12.4. The van der Waals surface area contributed by atoms with Gasteiger partial charge in [-0.2, -0.15) is 6.82 Å². The van der Waals surface area contributed by atoms with E-state index in [9.17, 15) is 4.39 Å². The Bertz CT molecular complexity index is 334. The average molecular weight is 369 g/mol. The molecule has 0 unspecified atom stereocenters. The number of benzene rings is 1. The van der Waals surface area contributed by atoms with Crippen LogP contribution in [0.2, 0.25) is 6.82 Å². The maximum atomic E-state index is 12.4. The van der Waals surface area contributed by atoms with E-state index in [4.69, 9.17) is 0 Å². The Morgan fingerprint density at radius 1 is 0.692 bits per heavy atom. The third-order valence-electron chi connectivity index (χ3n) is 4.47. The molecule has 156 valence electrons. The van der Waals surface area contributed by atoms with Gasteiger partial charge in [0.15, 0.2) is 0 Å². The number of hydrogen-bond acceptors (Lipinski definition) is 0. The lowest BCUT2D eigenvalue weighted by molar-refractivity contribution is 0.624. The molecule has 0 aromatic heterocycles. The predicted molar refractivity (Wildman–Crippen MR) is 125 cm³/mol. The van der Waals surface area contributed by atoms with Crippen molar-refractivity contribution in [2.75, 3.05) is 0 Å². The average Bonchev–Trinajstić information content (AvgIpc) is 2.64. The smallest absolute Gasteiger partial charge is 0.120 e. The first-order valence-electron chi connectivity index (χ1n) is 11.3. The lowest BCUT2D eigenvalue weighted by atomic mass is 9.73. The highest BCUT2D eigenvalue weighted by Gasteiger charge is 1.85. The molecule has 0 heterocycles. The van der Waals surface area contributed by atoms with Crippen LogP contribution in [-0.2, 0) is 0 Å². The Kier molecular flexibility index (Phi) is 30.4. The van der Waals surface area contributed by atoms with E-state index in [-0.39, 0.29) is 19.2 Å². The Balaban J connectivity index is -0.000000301. The minimum atomic E-state index is -0.113. The normalized spacial score (nSPS) is 9.31. The zero-order valence-electron chi connectivity index (χ0n) is 19.2. The number of quaternary nitrogens is 1. The molecule has 0 bridgehead atoms. The second-order valence-corrected chi connectivity index (χ2v) is 7.13. The van der Waals surface area contributed by atoms with Crippen LogP contribution in [-0.4, -0.2) is 7.28 Å². The summed E-state index contributed by atoms with van der Waals surface area (Å²) in [6.07, 6.45) is 17.0. The zero-order chi connectivity index (χ0) is 19.2. The van der Waals surface area contributed by atoms with Crippen molar-refractivity contribution in [3.63, 3.8) is 0 Å². The van der Waals surface area contributed by atoms with Gasteiger partial charge in [-0.1, -0.05) is 123 Å². The van der Waals surface area contributed by atoms with Crippen LogP contribution in [0.1, 0.15) is 105 Å². The van der Waals surface area contributed by atoms with E-state index in [1.54, 1.807) is 12.1 Å². The van der Waals surface area contributed by atoms with Crippen molar-refractivity contribution >= 4 is 12.7 Å². The van der Waals surface area contributed by atoms with Crippen LogP contribution >= 0.6 is 0 Å². The van der Waals surface area contributed by atoms with Crippen molar-refractivity contribution in [1.82, 2.24) is 6.15 Å². The number of unbranched alkanes of at least 4 members (excludes halogenated alkanes) is 10. The van der Waals surface area contributed by atoms with Gasteiger partial charge in [-0.05, 0) is 13.3 Å². The molecule has 0 aliphatic heterocycles. The summed E-state index contributed by atoms with van der Waals surface area (Å²) in [5.74, 6) is -0.113. The van der Waals surface area contributed by atoms with Crippen LogP contribution in [0.3, 0.4) is 0 Å². The summed E-state index contributed by atoms with van der Waals surface area (Å²) in [5.41, 5.74) is 1.18. The molecule has 26 heavy (non-hydrogen) atoms. The summed E-state index contributed by atoms with van der Waals surface area (Å²) in [6.45, 7) is 11.2. The number of rotatable bonds is 11. The highest BCUT2D eigenvalue weighted by molar-refractivity contribution is 6.51. The molecule has 3 heteroatoms. The molecule has 1 aromatic rings. The fourth-order valence-electron chi connectivity index (χ4n) is 2.62. The quantitative estimate of drug-likeness (QED) is 0.305. The Labute approximate surface area is 165 Å². The summed E-state index contributed by atoms with van der Waals surface area (Å²) in [7, 11) is -0.0631. The SMILES string of the molecule is CCCCCCCC.CCCCCCCC.C[BH2-]c1cccc(F)c1.[NH4+]. The van der Waals surface area contributed by atoms with E-state index in [0.717, 1.165) is 0 Å². The van der Waals surface area contributed by atoms with Crippen molar-refractivity contribution in [3.05, 3.63) is 30.1 Å². The largest absolute Gasteiger partial charge is 0.369 e. The highest BCUT2D eigenvalue weighted by Crippen LogP contribution is 2.04. The molecule has 0 radical (unpaired) electrons. The summed E-state index contributed by atoms with van der Waals surface area (Å²) in [4.78, 5) is 0. The van der Waals surface area contributed by atoms with Gasteiger partial charge >= 0.3 is 0 Å². The van der Waals surface area contributed by atoms with Crippen molar-refractivity contribution < 1.29 is 4.39 Å². The summed E-state index contributed by atoms with van der Waals surface area (Å²) >= 11 is 0. The van der Waals surface area contributed by atoms with Crippen LogP contribution in [0, 0.1) is 5.82 Å². The molecule has 1 aromatic carbocycles. The zero-order valence-corrected chi connectivity index (χ0v) is 19.2. The topological polar surface area (TPSA) is 36.5 Å². The van der Waals surface area contributed by atoms with Crippen molar-refractivity contribution in [2.24, 2.45) is 0 Å². The van der Waals surface area contributed by atoms with Crippen LogP contribution in [0.5, 0.6) is 0 Å². The number of halogens is 1. The van der Waals surface area contributed by atoms with E-state index in [2.05, 4.69) is 34.5 Å². The lowest BCUT2D eigenvalue weighted by Gasteiger charge is -1.98. The monoisotopic (exact) mass is 369 g/mol. The second-order valence-electron chi connectivity index (χ2n) is 7.13. The van der Waals surface area contributed by atoms with Gasteiger partial charge in [0, 0.05) is 0 Å². The molecule has 4 N–H and O–H groups in total. The maximum Gasteiger partial charge on any atom is 0.120 e. The molecule has 0 spiro atoms. The third-order valence-corrected chi connectivity index (χ3v) is 4.47. The molecule has 0 saturated heterocycles. The second kappa shape index (κ2) is 26.4. The van der Waals surface area contributed by atoms with Gasteiger partial charge in [-0.25, -0.2) is 9.85 Å². The van der Waals surface area contributed by atoms with Crippen LogP contribution < -0.4 is 11.6 Å². The number of hydrogen-bond donors (Lipinski definition) is 1. The Morgan fingerprint density at radius 3 is 1.31 bits per heavy atom. The first-order chi connectivity index (χ1) is 12.2. The van der Waals surface area contributed by atoms with E-state index < -0.39 is 0 Å². The lowest BCUT2D eigenvalue weighted by Crippen LogP contribution is -2.09. The van der Waals surface area contributed by atoms with Gasteiger partial charge < -0.3 is 6.15 Å². The predicted octanol–water partition coefficient (Wildman–Crippen LogP) is 7.78. The van der Waals surface area contributed by atoms with Crippen LogP contribution in [0.25, 0.3) is 0 Å². The van der Waals surface area contributed by atoms with Crippen molar-refractivity contribution in [1.29, 1.82) is 0 Å². The first kappa shape index (κ1) is 29.9. The third kappa shape index (κ3) is 25.4. The van der Waals surface area contributed by atoms with Gasteiger partial charge in [0.2, 0.25) is 0 Å². The summed E-state index contributed by atoms with van der Waals surface area (Å²) in [6, 6.07) is 6.83. The molecular formula is C23H49BFN. The van der Waals surface area contributed by atoms with Gasteiger partial charge in [-0.15, -0.1) is 0 Å². The molecule has 0 saturated carbocycles. The molecule has 0 aliphatic carbocycles. The molecule has 0 atom stereocenters. The molecular weight excluding hydrogens is 320 g/mol. The molecule has 0 fully saturated rings. The minimum Gasteiger partial charge on any atom is -0.369 e. The van der Waals surface area contributed by atoms with Crippen molar-refractivity contribution in [3.8, 4) is 0 Å². The van der Waals surface area contributed by atoms with E-state index in [1.807, 2.05) is 6.07 Å². The first-order valence-corrected chi connectivity index (χ1v) is 11.3. The molecule has 0 amide bonds. The van der Waals surface area contributed by atoms with Gasteiger partial charge in [-0.3, -0.25) is 0 Å². The Morgan fingerprint density at radius 2 is 1.08 bits per heavy atom. The van der Waals surface area contributed by atoms with E-state index in [0.29, 0.717) is 0 Å². The Hall–Kier alpha value is -0.825. The van der Waals surface area contributed by atoms with Gasteiger partial charge in [0.25, 0.3) is 0 Å². The molecule has 1 nitrogen and oxygen atoms in total. The maximum absolute atomic E-state index is 12.4. The van der Waals surface area contributed by atoms with E-state index >= 15 is 0 Å². The van der Waals surface area contributed by atoms with Crippen LogP contribution in [0.4, 0.5) is 4.39 Å². The van der Waals surface area contributed by atoms with Crippen LogP contribution in [0.15, 0.2) is 24.3 Å². The standard InChI is InChI=1S/2C8H18.C7H9BF.H3N/c2*1-3-5-7-8-6-4-2;1-8-6-3-2-4-7(9)5-6;/h2*3-8H2,1-2H3;2-5H,8H2,1H3;1H3/q;;-1;/p+1.